The number of anilines is 1. The van der Waals surface area contributed by atoms with Gasteiger partial charge >= 0.3 is 0 Å². The van der Waals surface area contributed by atoms with E-state index in [0.717, 1.165) is 0 Å². The van der Waals surface area contributed by atoms with E-state index in [1.807, 2.05) is 20.8 Å². The summed E-state index contributed by atoms with van der Waals surface area (Å²) in [5.74, 6) is 0.326. The Morgan fingerprint density at radius 2 is 1.84 bits per heavy atom. The number of hydrogen-bond acceptors (Lipinski definition) is 6. The fourth-order valence-electron chi connectivity index (χ4n) is 2.31. The Hall–Kier alpha value is -3.10. The molecule has 0 saturated heterocycles. The minimum Gasteiger partial charge on any atom is -0.322 e. The van der Waals surface area contributed by atoms with E-state index in [9.17, 15) is 9.59 Å². The molecule has 9 heteroatoms. The standard InChI is InChI=1S/C16H19N7O2/c1-16(2,3)15-17-5-10(6-18-15)21-12(24)8-23-9-19-13-11(14(23)25)7-20-22(13)4/h5-7,9H,8H2,1-4H3,(H,21,24). The molecule has 0 bridgehead atoms. The zero-order chi connectivity index (χ0) is 18.2. The van der Waals surface area contributed by atoms with Crippen molar-refractivity contribution in [3.05, 3.63) is 41.1 Å². The Bertz CT molecular complexity index is 980. The molecule has 0 fully saturated rings. The van der Waals surface area contributed by atoms with E-state index >= 15 is 0 Å². The summed E-state index contributed by atoms with van der Waals surface area (Å²) in [6, 6.07) is 0. The van der Waals surface area contributed by atoms with E-state index in [-0.39, 0.29) is 23.4 Å². The van der Waals surface area contributed by atoms with Crippen molar-refractivity contribution >= 4 is 22.6 Å². The summed E-state index contributed by atoms with van der Waals surface area (Å²) in [4.78, 5) is 37.2. The number of hydrogen-bond donors (Lipinski definition) is 1. The molecule has 3 aromatic heterocycles. The van der Waals surface area contributed by atoms with Crippen molar-refractivity contribution in [1.82, 2.24) is 29.3 Å². The molecule has 0 spiro atoms. The number of nitrogens with one attached hydrogen (secondary N) is 1. The first-order valence-electron chi connectivity index (χ1n) is 7.75. The van der Waals surface area contributed by atoms with Gasteiger partial charge in [0.2, 0.25) is 5.91 Å². The van der Waals surface area contributed by atoms with Crippen molar-refractivity contribution < 1.29 is 4.79 Å². The third kappa shape index (κ3) is 3.39. The molecular formula is C16H19N7O2. The molecule has 0 aliphatic rings. The van der Waals surface area contributed by atoms with Gasteiger partial charge in [0.1, 0.15) is 24.1 Å². The molecule has 3 rings (SSSR count). The van der Waals surface area contributed by atoms with Crippen molar-refractivity contribution in [2.24, 2.45) is 7.05 Å². The van der Waals surface area contributed by atoms with Gasteiger partial charge in [-0.05, 0) is 0 Å². The summed E-state index contributed by atoms with van der Waals surface area (Å²) < 4.78 is 2.75. The first-order valence-corrected chi connectivity index (χ1v) is 7.75. The van der Waals surface area contributed by atoms with E-state index < -0.39 is 0 Å². The Morgan fingerprint density at radius 3 is 2.48 bits per heavy atom. The monoisotopic (exact) mass is 341 g/mol. The van der Waals surface area contributed by atoms with Gasteiger partial charge in [-0.1, -0.05) is 20.8 Å². The predicted molar refractivity (Wildman–Crippen MR) is 92.1 cm³/mol. The maximum absolute atomic E-state index is 12.3. The van der Waals surface area contributed by atoms with Crippen molar-refractivity contribution in [3.63, 3.8) is 0 Å². The molecule has 3 heterocycles. The highest BCUT2D eigenvalue weighted by Crippen LogP contribution is 2.18. The van der Waals surface area contributed by atoms with Crippen LogP contribution >= 0.6 is 0 Å². The van der Waals surface area contributed by atoms with E-state index in [4.69, 9.17) is 0 Å². The van der Waals surface area contributed by atoms with Gasteiger partial charge in [-0.25, -0.2) is 15.0 Å². The maximum Gasteiger partial charge on any atom is 0.264 e. The van der Waals surface area contributed by atoms with Crippen LogP contribution in [0.2, 0.25) is 0 Å². The fourth-order valence-corrected chi connectivity index (χ4v) is 2.31. The summed E-state index contributed by atoms with van der Waals surface area (Å²) in [5, 5.41) is 7.04. The van der Waals surface area contributed by atoms with Crippen molar-refractivity contribution in [2.75, 3.05) is 5.32 Å². The zero-order valence-electron chi connectivity index (χ0n) is 14.5. The van der Waals surface area contributed by atoms with E-state index in [1.54, 1.807) is 19.4 Å². The van der Waals surface area contributed by atoms with Crippen LogP contribution in [0.1, 0.15) is 26.6 Å². The quantitative estimate of drug-likeness (QED) is 0.757. The van der Waals surface area contributed by atoms with Crippen LogP contribution in [-0.4, -0.2) is 35.2 Å². The normalized spacial score (nSPS) is 11.7. The first kappa shape index (κ1) is 16.7. The van der Waals surface area contributed by atoms with Crippen LogP contribution in [0.25, 0.3) is 11.0 Å². The number of carbonyl (C=O) groups excluding carboxylic acids is 1. The number of aromatic nitrogens is 6. The number of rotatable bonds is 3. The van der Waals surface area contributed by atoms with Gasteiger partial charge in [-0.2, -0.15) is 5.10 Å². The lowest BCUT2D eigenvalue weighted by Crippen LogP contribution is -2.28. The van der Waals surface area contributed by atoms with Crippen LogP contribution in [0.3, 0.4) is 0 Å². The average Bonchev–Trinajstić information content (AvgIpc) is 2.92. The molecule has 130 valence electrons. The van der Waals surface area contributed by atoms with Gasteiger partial charge in [-0.15, -0.1) is 0 Å². The maximum atomic E-state index is 12.3. The van der Waals surface area contributed by atoms with Crippen LogP contribution in [0.5, 0.6) is 0 Å². The molecule has 9 nitrogen and oxygen atoms in total. The second-order valence-electron chi connectivity index (χ2n) is 6.78. The van der Waals surface area contributed by atoms with Gasteiger partial charge in [0.25, 0.3) is 5.56 Å². The smallest absolute Gasteiger partial charge is 0.264 e. The first-order chi connectivity index (χ1) is 11.8. The van der Waals surface area contributed by atoms with Crippen molar-refractivity contribution in [3.8, 4) is 0 Å². The Balaban J connectivity index is 1.75. The van der Waals surface area contributed by atoms with Crippen LogP contribution in [0, 0.1) is 0 Å². The van der Waals surface area contributed by atoms with E-state index in [1.165, 1.54) is 21.8 Å². The van der Waals surface area contributed by atoms with Gasteiger partial charge in [0.15, 0.2) is 5.65 Å². The van der Waals surface area contributed by atoms with Gasteiger partial charge in [-0.3, -0.25) is 18.8 Å². The molecule has 0 atom stereocenters. The largest absolute Gasteiger partial charge is 0.322 e. The van der Waals surface area contributed by atoms with E-state index in [2.05, 4.69) is 25.4 Å². The third-order valence-corrected chi connectivity index (χ3v) is 3.64. The molecule has 0 aliphatic carbocycles. The lowest BCUT2D eigenvalue weighted by molar-refractivity contribution is -0.116. The van der Waals surface area contributed by atoms with Gasteiger partial charge in [0.05, 0.1) is 24.3 Å². The Morgan fingerprint density at radius 1 is 1.16 bits per heavy atom. The molecule has 0 saturated carbocycles. The predicted octanol–water partition coefficient (Wildman–Crippen LogP) is 0.856. The molecule has 1 N–H and O–H groups in total. The second-order valence-corrected chi connectivity index (χ2v) is 6.78. The zero-order valence-corrected chi connectivity index (χ0v) is 14.5. The highest BCUT2D eigenvalue weighted by molar-refractivity contribution is 5.90. The van der Waals surface area contributed by atoms with Crippen LogP contribution in [-0.2, 0) is 23.8 Å². The SMILES string of the molecule is Cn1ncc2c(=O)n(CC(=O)Nc3cnc(C(C)(C)C)nc3)cnc21. The number of fused-ring (bicyclic) bond motifs is 1. The number of nitrogens with zero attached hydrogens (tertiary/aromatic N) is 6. The lowest BCUT2D eigenvalue weighted by Gasteiger charge is -2.16. The van der Waals surface area contributed by atoms with Crippen molar-refractivity contribution in [1.29, 1.82) is 0 Å². The molecule has 1 amide bonds. The topological polar surface area (TPSA) is 108 Å². The molecule has 25 heavy (non-hydrogen) atoms. The molecule has 0 aromatic carbocycles. The highest BCUT2D eigenvalue weighted by Gasteiger charge is 2.17. The summed E-state index contributed by atoms with van der Waals surface area (Å²) >= 11 is 0. The molecule has 0 radical (unpaired) electrons. The van der Waals surface area contributed by atoms with Crippen LogP contribution in [0.4, 0.5) is 5.69 Å². The lowest BCUT2D eigenvalue weighted by atomic mass is 9.96. The van der Waals surface area contributed by atoms with Crippen LogP contribution in [0.15, 0.2) is 29.7 Å². The summed E-state index contributed by atoms with van der Waals surface area (Å²) in [5.41, 5.74) is 0.475. The van der Waals surface area contributed by atoms with Gasteiger partial charge < -0.3 is 5.32 Å². The summed E-state index contributed by atoms with van der Waals surface area (Å²) in [6.07, 6.45) is 5.89. The van der Waals surface area contributed by atoms with Gasteiger partial charge in [0, 0.05) is 12.5 Å². The Labute approximate surface area is 143 Å². The third-order valence-electron chi connectivity index (χ3n) is 3.64. The van der Waals surface area contributed by atoms with Crippen LogP contribution < -0.4 is 10.9 Å². The van der Waals surface area contributed by atoms with E-state index in [0.29, 0.717) is 22.5 Å². The highest BCUT2D eigenvalue weighted by atomic mass is 16.2. The summed E-state index contributed by atoms with van der Waals surface area (Å²) in [7, 11) is 1.70. The second kappa shape index (κ2) is 6.08. The average molecular weight is 341 g/mol. The number of carbonyl (C=O) groups is 1. The molecule has 3 aromatic rings. The number of amides is 1. The fraction of sp³-hybridized carbons (Fsp3) is 0.375. The molecule has 0 aliphatic heterocycles. The Kier molecular flexibility index (Phi) is 4.07. The minimum absolute atomic E-state index is 0.155. The molecular weight excluding hydrogens is 322 g/mol. The minimum atomic E-state index is -0.362. The molecule has 0 unspecified atom stereocenters. The summed E-state index contributed by atoms with van der Waals surface area (Å²) in [6.45, 7) is 5.87. The van der Waals surface area contributed by atoms with Crippen molar-refractivity contribution in [2.45, 2.75) is 32.7 Å². The number of aryl methyl sites for hydroxylation is 1.